The molecule has 5 heteroatoms. The molecule has 0 aliphatic carbocycles. The second-order valence-corrected chi connectivity index (χ2v) is 5.99. The van der Waals surface area contributed by atoms with Gasteiger partial charge in [0.25, 0.3) is 0 Å². The number of allylic oxidation sites excluding steroid dienone is 1. The lowest BCUT2D eigenvalue weighted by atomic mass is 10.0. The second kappa shape index (κ2) is 5.68. The number of esters is 1. The monoisotopic (exact) mass is 290 g/mol. The van der Waals surface area contributed by atoms with Crippen molar-refractivity contribution in [3.8, 4) is 0 Å². The van der Waals surface area contributed by atoms with Gasteiger partial charge >= 0.3 is 5.97 Å². The summed E-state index contributed by atoms with van der Waals surface area (Å²) < 4.78 is 18.7. The molecule has 0 radical (unpaired) electrons. The Kier molecular flexibility index (Phi) is 4.11. The van der Waals surface area contributed by atoms with Crippen LogP contribution in [0.25, 0.3) is 5.57 Å². The molecule has 1 aliphatic rings. The lowest BCUT2D eigenvalue weighted by Crippen LogP contribution is -2.25. The van der Waals surface area contributed by atoms with Crippen molar-refractivity contribution in [2.75, 3.05) is 5.73 Å². The van der Waals surface area contributed by atoms with E-state index in [-0.39, 0.29) is 24.1 Å². The Morgan fingerprint density at radius 2 is 2.14 bits per heavy atom. The van der Waals surface area contributed by atoms with Crippen molar-refractivity contribution < 1.29 is 13.9 Å². The van der Waals surface area contributed by atoms with Gasteiger partial charge in [-0.2, -0.15) is 0 Å². The summed E-state index contributed by atoms with van der Waals surface area (Å²) in [7, 11) is 0. The third-order valence-electron chi connectivity index (χ3n) is 2.91. The molecule has 21 heavy (non-hydrogen) atoms. The zero-order valence-electron chi connectivity index (χ0n) is 12.4. The first kappa shape index (κ1) is 15.2. The van der Waals surface area contributed by atoms with Gasteiger partial charge in [-0.05, 0) is 44.0 Å². The van der Waals surface area contributed by atoms with Gasteiger partial charge in [0.1, 0.15) is 11.4 Å². The topological polar surface area (TPSA) is 64.7 Å². The molecule has 0 unspecified atom stereocenters. The zero-order chi connectivity index (χ0) is 15.6. The highest BCUT2D eigenvalue weighted by Gasteiger charge is 2.21. The van der Waals surface area contributed by atoms with Crippen LogP contribution in [0.5, 0.6) is 0 Å². The van der Waals surface area contributed by atoms with Crippen LogP contribution in [0, 0.1) is 5.82 Å². The van der Waals surface area contributed by atoms with E-state index < -0.39 is 11.4 Å². The van der Waals surface area contributed by atoms with Gasteiger partial charge in [0.2, 0.25) is 0 Å². The molecule has 1 heterocycles. The number of benzene rings is 1. The first-order chi connectivity index (χ1) is 9.74. The van der Waals surface area contributed by atoms with Gasteiger partial charge in [-0.3, -0.25) is 9.79 Å². The van der Waals surface area contributed by atoms with Crippen LogP contribution in [-0.2, 0) is 9.53 Å². The molecule has 2 N–H and O–H groups in total. The fourth-order valence-electron chi connectivity index (χ4n) is 2.01. The summed E-state index contributed by atoms with van der Waals surface area (Å²) >= 11 is 0. The highest BCUT2D eigenvalue weighted by molar-refractivity contribution is 6.12. The number of carbonyl (C=O) groups excluding carboxylic acids is 1. The highest BCUT2D eigenvalue weighted by atomic mass is 19.1. The normalized spacial score (nSPS) is 17.7. The zero-order valence-corrected chi connectivity index (χ0v) is 12.4. The molecule has 1 atom stereocenters. The van der Waals surface area contributed by atoms with Crippen molar-refractivity contribution >= 4 is 23.4 Å². The van der Waals surface area contributed by atoms with Crippen molar-refractivity contribution in [1.29, 1.82) is 0 Å². The Balaban J connectivity index is 2.04. The molecule has 0 aromatic heterocycles. The maximum atomic E-state index is 13.5. The number of hydrogen-bond acceptors (Lipinski definition) is 4. The van der Waals surface area contributed by atoms with E-state index in [4.69, 9.17) is 10.5 Å². The van der Waals surface area contributed by atoms with Gasteiger partial charge < -0.3 is 10.5 Å². The SMILES string of the molecule is CC(C)(C)OC(=O)C[C@H]1C=C(c2ccc(N)c(F)c2)C=N1. The average molecular weight is 290 g/mol. The summed E-state index contributed by atoms with van der Waals surface area (Å²) in [4.78, 5) is 16.0. The van der Waals surface area contributed by atoms with Crippen molar-refractivity contribution in [1.82, 2.24) is 0 Å². The number of halogens is 1. The molecular formula is C16H19FN2O2. The minimum absolute atomic E-state index is 0.111. The van der Waals surface area contributed by atoms with Crippen molar-refractivity contribution in [3.63, 3.8) is 0 Å². The maximum Gasteiger partial charge on any atom is 0.308 e. The molecular weight excluding hydrogens is 271 g/mol. The van der Waals surface area contributed by atoms with Gasteiger partial charge in [-0.15, -0.1) is 0 Å². The highest BCUT2D eigenvalue weighted by Crippen LogP contribution is 2.23. The minimum atomic E-state index is -0.508. The van der Waals surface area contributed by atoms with Crippen LogP contribution >= 0.6 is 0 Å². The van der Waals surface area contributed by atoms with Gasteiger partial charge in [0.15, 0.2) is 0 Å². The molecule has 2 rings (SSSR count). The molecule has 1 aromatic carbocycles. The lowest BCUT2D eigenvalue weighted by Gasteiger charge is -2.19. The molecule has 1 aliphatic heterocycles. The summed E-state index contributed by atoms with van der Waals surface area (Å²) in [5.41, 5.74) is 6.52. The van der Waals surface area contributed by atoms with Gasteiger partial charge in [-0.25, -0.2) is 4.39 Å². The van der Waals surface area contributed by atoms with E-state index in [1.54, 1.807) is 12.3 Å². The average Bonchev–Trinajstić information content (AvgIpc) is 2.78. The molecule has 0 bridgehead atoms. The fourth-order valence-corrected chi connectivity index (χ4v) is 2.01. The van der Waals surface area contributed by atoms with Gasteiger partial charge in [0.05, 0.1) is 18.2 Å². The summed E-state index contributed by atoms with van der Waals surface area (Å²) in [5.74, 6) is -0.761. The standard InChI is InChI=1S/C16H19FN2O2/c1-16(2,3)21-15(20)8-12-6-11(9-19-12)10-4-5-14(18)13(17)7-10/h4-7,9,12H,8,18H2,1-3H3/t12-/m1/s1. The number of hydrogen-bond donors (Lipinski definition) is 1. The first-order valence-corrected chi connectivity index (χ1v) is 6.77. The summed E-state index contributed by atoms with van der Waals surface area (Å²) in [6, 6.07) is 4.34. The molecule has 1 aromatic rings. The van der Waals surface area contributed by atoms with E-state index in [0.29, 0.717) is 5.56 Å². The number of nitrogen functional groups attached to an aromatic ring is 1. The number of anilines is 1. The van der Waals surface area contributed by atoms with Crippen LogP contribution in [0.2, 0.25) is 0 Å². The Bertz CT molecular complexity index is 615. The number of rotatable bonds is 3. The van der Waals surface area contributed by atoms with E-state index in [9.17, 15) is 9.18 Å². The van der Waals surface area contributed by atoms with Gasteiger partial charge in [0, 0.05) is 6.21 Å². The second-order valence-electron chi connectivity index (χ2n) is 5.99. The number of carbonyl (C=O) groups is 1. The van der Waals surface area contributed by atoms with Crippen molar-refractivity contribution in [2.45, 2.75) is 38.8 Å². The van der Waals surface area contributed by atoms with Crippen molar-refractivity contribution in [2.24, 2.45) is 4.99 Å². The van der Waals surface area contributed by atoms with E-state index >= 15 is 0 Å². The predicted octanol–water partition coefficient (Wildman–Crippen LogP) is 2.98. The molecule has 0 saturated carbocycles. The quantitative estimate of drug-likeness (QED) is 0.687. The van der Waals surface area contributed by atoms with Crippen LogP contribution in [-0.4, -0.2) is 23.8 Å². The number of nitrogens with zero attached hydrogens (tertiary/aromatic N) is 1. The van der Waals surface area contributed by atoms with Crippen LogP contribution in [0.15, 0.2) is 29.3 Å². The van der Waals surface area contributed by atoms with Crippen LogP contribution in [0.1, 0.15) is 32.8 Å². The third kappa shape index (κ3) is 4.15. The maximum absolute atomic E-state index is 13.5. The van der Waals surface area contributed by atoms with Crippen LogP contribution in [0.4, 0.5) is 10.1 Å². The molecule has 0 amide bonds. The van der Waals surface area contributed by atoms with Crippen molar-refractivity contribution in [3.05, 3.63) is 35.7 Å². The Hall–Kier alpha value is -2.17. The summed E-state index contributed by atoms with van der Waals surface area (Å²) in [6.07, 6.45) is 3.64. The number of ether oxygens (including phenoxy) is 1. The minimum Gasteiger partial charge on any atom is -0.460 e. The van der Waals surface area contributed by atoms with Crippen LogP contribution < -0.4 is 5.73 Å². The molecule has 4 nitrogen and oxygen atoms in total. The number of aliphatic imine (C=N–C) groups is 1. The predicted molar refractivity (Wildman–Crippen MR) is 81.5 cm³/mol. The molecule has 0 spiro atoms. The third-order valence-corrected chi connectivity index (χ3v) is 2.91. The van der Waals surface area contributed by atoms with E-state index in [0.717, 1.165) is 5.57 Å². The summed E-state index contributed by atoms with van der Waals surface area (Å²) in [5, 5.41) is 0. The van der Waals surface area contributed by atoms with E-state index in [1.807, 2.05) is 26.8 Å². The Labute approximate surface area is 123 Å². The molecule has 112 valence electrons. The smallest absolute Gasteiger partial charge is 0.308 e. The number of nitrogens with two attached hydrogens (primary N) is 1. The molecule has 0 saturated heterocycles. The Morgan fingerprint density at radius 1 is 1.43 bits per heavy atom. The Morgan fingerprint density at radius 3 is 2.76 bits per heavy atom. The first-order valence-electron chi connectivity index (χ1n) is 6.77. The fraction of sp³-hybridized carbons (Fsp3) is 0.375. The summed E-state index contributed by atoms with van der Waals surface area (Å²) in [6.45, 7) is 5.46. The largest absolute Gasteiger partial charge is 0.460 e. The van der Waals surface area contributed by atoms with Crippen LogP contribution in [0.3, 0.4) is 0 Å². The lowest BCUT2D eigenvalue weighted by molar-refractivity contribution is -0.154. The van der Waals surface area contributed by atoms with E-state index in [2.05, 4.69) is 4.99 Å². The van der Waals surface area contributed by atoms with E-state index in [1.165, 1.54) is 12.1 Å². The molecule has 0 fully saturated rings. The van der Waals surface area contributed by atoms with Gasteiger partial charge in [-0.1, -0.05) is 12.1 Å².